The van der Waals surface area contributed by atoms with Crippen LogP contribution in [0, 0.1) is 6.92 Å². The quantitative estimate of drug-likeness (QED) is 0.332. The van der Waals surface area contributed by atoms with Gasteiger partial charge < -0.3 is 25.6 Å². The van der Waals surface area contributed by atoms with Gasteiger partial charge in [-0.2, -0.15) is 0 Å². The second-order valence-electron chi connectivity index (χ2n) is 8.42. The highest BCUT2D eigenvalue weighted by Gasteiger charge is 2.47. The highest BCUT2D eigenvalue weighted by Crippen LogP contribution is 2.34. The summed E-state index contributed by atoms with van der Waals surface area (Å²) in [5, 5.41) is 26.9. The number of nitrogens with zero attached hydrogens (tertiary/aromatic N) is 4. The molecule has 35 heavy (non-hydrogen) atoms. The van der Waals surface area contributed by atoms with Crippen molar-refractivity contribution < 1.29 is 19.7 Å². The highest BCUT2D eigenvalue weighted by molar-refractivity contribution is 5.86. The van der Waals surface area contributed by atoms with Crippen molar-refractivity contribution in [1.82, 2.24) is 24.8 Å². The number of ether oxygens (including phenoxy) is 1. The first-order chi connectivity index (χ1) is 17.0. The summed E-state index contributed by atoms with van der Waals surface area (Å²) in [7, 11) is 1.44. The minimum absolute atomic E-state index is 0.405. The Labute approximate surface area is 201 Å². The summed E-state index contributed by atoms with van der Waals surface area (Å²) in [6, 6.07) is 17.7. The molecule has 0 aliphatic carbocycles. The normalized spacial score (nSPS) is 21.8. The molecular formula is C25H26N6O4. The van der Waals surface area contributed by atoms with E-state index in [9.17, 15) is 15.0 Å². The number of carbonyl (C=O) groups excluding carboxylic acids is 1. The Bertz CT molecular complexity index is 1360. The van der Waals surface area contributed by atoms with Crippen LogP contribution in [0.4, 0.5) is 5.82 Å². The molecule has 1 saturated heterocycles. The predicted molar refractivity (Wildman–Crippen MR) is 129 cm³/mol. The van der Waals surface area contributed by atoms with Gasteiger partial charge in [-0.05, 0) is 18.1 Å². The van der Waals surface area contributed by atoms with Crippen LogP contribution in [0.3, 0.4) is 0 Å². The minimum Gasteiger partial charge on any atom is -0.387 e. The Morgan fingerprint density at radius 3 is 2.54 bits per heavy atom. The molecule has 180 valence electrons. The monoisotopic (exact) mass is 474 g/mol. The van der Waals surface area contributed by atoms with Crippen LogP contribution < -0.4 is 10.6 Å². The number of hydrogen-bond donors (Lipinski definition) is 4. The van der Waals surface area contributed by atoms with E-state index in [4.69, 9.17) is 14.7 Å². The fourth-order valence-electron chi connectivity index (χ4n) is 4.20. The number of nitrogens with one attached hydrogen (secondary N) is 2. The zero-order chi connectivity index (χ0) is 24.5. The van der Waals surface area contributed by atoms with E-state index < -0.39 is 30.4 Å². The van der Waals surface area contributed by atoms with Crippen molar-refractivity contribution in [2.75, 3.05) is 12.4 Å². The van der Waals surface area contributed by atoms with Gasteiger partial charge in [0.05, 0.1) is 6.33 Å². The van der Waals surface area contributed by atoms with E-state index >= 15 is 0 Å². The Balaban J connectivity index is 1.59. The summed E-state index contributed by atoms with van der Waals surface area (Å²) in [5.74, 6) is 0.472. The SMILES string of the molecule is CNC(=O)[C@@H]1OC(n2cnc3c(NCc4ccccc4)nc(-c4ccccc4C)nc32)C(O)C1O. The first-order valence-corrected chi connectivity index (χ1v) is 11.3. The lowest BCUT2D eigenvalue weighted by Crippen LogP contribution is -2.41. The molecule has 4 aromatic rings. The zero-order valence-corrected chi connectivity index (χ0v) is 19.3. The molecule has 1 aliphatic rings. The molecule has 2 aromatic heterocycles. The van der Waals surface area contributed by atoms with E-state index in [0.29, 0.717) is 29.4 Å². The zero-order valence-electron chi connectivity index (χ0n) is 19.3. The number of fused-ring (bicyclic) bond motifs is 1. The van der Waals surface area contributed by atoms with Gasteiger partial charge in [0.2, 0.25) is 0 Å². The summed E-state index contributed by atoms with van der Waals surface area (Å²) in [5.41, 5.74) is 3.80. The molecular weight excluding hydrogens is 448 g/mol. The maximum atomic E-state index is 12.1. The maximum absolute atomic E-state index is 12.1. The van der Waals surface area contributed by atoms with E-state index in [-0.39, 0.29) is 0 Å². The van der Waals surface area contributed by atoms with Crippen LogP contribution in [-0.2, 0) is 16.1 Å². The van der Waals surface area contributed by atoms with E-state index in [1.54, 1.807) is 0 Å². The molecule has 4 atom stereocenters. The van der Waals surface area contributed by atoms with Gasteiger partial charge in [-0.3, -0.25) is 9.36 Å². The third kappa shape index (κ3) is 4.23. The number of anilines is 1. The Kier molecular flexibility index (Phi) is 6.16. The second-order valence-corrected chi connectivity index (χ2v) is 8.42. The number of rotatable bonds is 6. The summed E-state index contributed by atoms with van der Waals surface area (Å²) in [4.78, 5) is 26.1. The van der Waals surface area contributed by atoms with Gasteiger partial charge in [0.1, 0.15) is 12.2 Å². The molecule has 2 aromatic carbocycles. The van der Waals surface area contributed by atoms with Crippen molar-refractivity contribution in [3.05, 3.63) is 72.1 Å². The molecule has 1 aliphatic heterocycles. The Morgan fingerprint density at radius 2 is 1.80 bits per heavy atom. The largest absolute Gasteiger partial charge is 0.387 e. The number of aromatic nitrogens is 4. The molecule has 4 N–H and O–H groups in total. The van der Waals surface area contributed by atoms with Crippen LogP contribution in [0.1, 0.15) is 17.4 Å². The second kappa shape index (κ2) is 9.41. The molecule has 5 rings (SSSR count). The van der Waals surface area contributed by atoms with Gasteiger partial charge in [-0.1, -0.05) is 54.6 Å². The Hall–Kier alpha value is -3.86. The van der Waals surface area contributed by atoms with Gasteiger partial charge in [0.15, 0.2) is 35.1 Å². The van der Waals surface area contributed by atoms with Crippen LogP contribution in [0.2, 0.25) is 0 Å². The Morgan fingerprint density at radius 1 is 1.06 bits per heavy atom. The number of aliphatic hydroxyl groups is 2. The number of likely N-dealkylation sites (N-methyl/N-ethyl adjacent to an activating group) is 1. The van der Waals surface area contributed by atoms with Gasteiger partial charge >= 0.3 is 0 Å². The molecule has 1 fully saturated rings. The number of carbonyl (C=O) groups is 1. The fourth-order valence-corrected chi connectivity index (χ4v) is 4.20. The van der Waals surface area contributed by atoms with E-state index in [2.05, 4.69) is 15.6 Å². The van der Waals surface area contributed by atoms with Crippen molar-refractivity contribution >= 4 is 22.9 Å². The summed E-state index contributed by atoms with van der Waals surface area (Å²) < 4.78 is 7.29. The van der Waals surface area contributed by atoms with Crippen molar-refractivity contribution in [2.24, 2.45) is 0 Å². The average Bonchev–Trinajstić information content (AvgIpc) is 3.43. The van der Waals surface area contributed by atoms with E-state index in [1.807, 2.05) is 61.5 Å². The van der Waals surface area contributed by atoms with Crippen molar-refractivity contribution in [3.8, 4) is 11.4 Å². The topological polar surface area (TPSA) is 134 Å². The lowest BCUT2D eigenvalue weighted by Gasteiger charge is -2.17. The van der Waals surface area contributed by atoms with E-state index in [0.717, 1.165) is 16.7 Å². The summed E-state index contributed by atoms with van der Waals surface area (Å²) >= 11 is 0. The van der Waals surface area contributed by atoms with Crippen LogP contribution in [-0.4, -0.2) is 61.0 Å². The molecule has 10 nitrogen and oxygen atoms in total. The van der Waals surface area contributed by atoms with Crippen LogP contribution in [0.5, 0.6) is 0 Å². The summed E-state index contributed by atoms with van der Waals surface area (Å²) in [6.07, 6.45) is -3.55. The van der Waals surface area contributed by atoms with Gasteiger partial charge in [-0.15, -0.1) is 0 Å². The van der Waals surface area contributed by atoms with Gasteiger partial charge in [0.25, 0.3) is 5.91 Å². The highest BCUT2D eigenvalue weighted by atomic mass is 16.6. The van der Waals surface area contributed by atoms with Crippen LogP contribution in [0.25, 0.3) is 22.6 Å². The molecule has 3 heterocycles. The minimum atomic E-state index is -1.40. The van der Waals surface area contributed by atoms with Crippen molar-refractivity contribution in [2.45, 2.75) is 38.0 Å². The fraction of sp³-hybridized carbons (Fsp3) is 0.280. The standard InChI is InChI=1S/C25H26N6O4/c1-14-8-6-7-11-16(14)21-29-22(27-12-15-9-4-3-5-10-15)17-23(30-21)31(13-28-17)25-19(33)18(32)20(35-25)24(34)26-2/h3-11,13,18-20,25,32-33H,12H2,1-2H3,(H,26,34)(H,27,29,30)/t18?,19?,20-,25?/m1/s1. The molecule has 0 bridgehead atoms. The van der Waals surface area contributed by atoms with Crippen LogP contribution >= 0.6 is 0 Å². The van der Waals surface area contributed by atoms with Crippen molar-refractivity contribution in [3.63, 3.8) is 0 Å². The average molecular weight is 475 g/mol. The number of amides is 1. The smallest absolute Gasteiger partial charge is 0.251 e. The third-order valence-electron chi connectivity index (χ3n) is 6.13. The van der Waals surface area contributed by atoms with Crippen molar-refractivity contribution in [1.29, 1.82) is 0 Å². The van der Waals surface area contributed by atoms with Gasteiger partial charge in [0, 0.05) is 19.2 Å². The molecule has 0 saturated carbocycles. The molecule has 10 heteroatoms. The lowest BCUT2D eigenvalue weighted by atomic mass is 10.1. The lowest BCUT2D eigenvalue weighted by molar-refractivity contribution is -0.137. The molecule has 0 spiro atoms. The third-order valence-corrected chi connectivity index (χ3v) is 6.13. The van der Waals surface area contributed by atoms with Crippen LogP contribution in [0.15, 0.2) is 60.9 Å². The number of aliphatic hydroxyl groups excluding tert-OH is 2. The number of hydrogen-bond acceptors (Lipinski definition) is 8. The predicted octanol–water partition coefficient (Wildman–Crippen LogP) is 1.78. The number of aryl methyl sites for hydroxylation is 1. The first kappa shape index (κ1) is 22.9. The number of benzene rings is 2. The molecule has 1 amide bonds. The van der Waals surface area contributed by atoms with Gasteiger partial charge in [-0.25, -0.2) is 15.0 Å². The molecule has 3 unspecified atom stereocenters. The molecule has 0 radical (unpaired) electrons. The first-order valence-electron chi connectivity index (χ1n) is 11.3. The van der Waals surface area contributed by atoms with E-state index in [1.165, 1.54) is 17.9 Å². The number of imidazole rings is 1. The summed E-state index contributed by atoms with van der Waals surface area (Å²) in [6.45, 7) is 2.50. The maximum Gasteiger partial charge on any atom is 0.251 e.